The third-order valence-electron chi connectivity index (χ3n) is 2.93. The van der Waals surface area contributed by atoms with E-state index in [2.05, 4.69) is 4.74 Å². The highest BCUT2D eigenvalue weighted by atomic mass is 19.2. The van der Waals surface area contributed by atoms with Gasteiger partial charge >= 0.3 is 5.97 Å². The molecule has 2 aromatic rings. The SMILES string of the molecule is COC(=O)c1cc(-c2cc(F)c(F)cc2O)c(=O)n(C)c1. The molecular weight excluding hydrogens is 284 g/mol. The van der Waals surface area contributed by atoms with Gasteiger partial charge in [-0.05, 0) is 12.1 Å². The highest BCUT2D eigenvalue weighted by Gasteiger charge is 2.17. The molecule has 0 unspecified atom stereocenters. The molecule has 0 bridgehead atoms. The zero-order valence-electron chi connectivity index (χ0n) is 11.2. The summed E-state index contributed by atoms with van der Waals surface area (Å²) in [4.78, 5) is 23.6. The van der Waals surface area contributed by atoms with Crippen molar-refractivity contribution < 1.29 is 23.4 Å². The molecule has 1 heterocycles. The predicted octanol–water partition coefficient (Wildman–Crippen LogP) is 1.82. The number of hydrogen-bond donors (Lipinski definition) is 1. The highest BCUT2D eigenvalue weighted by Crippen LogP contribution is 2.29. The van der Waals surface area contributed by atoms with E-state index >= 15 is 0 Å². The summed E-state index contributed by atoms with van der Waals surface area (Å²) in [6.07, 6.45) is 1.24. The fraction of sp³-hybridized carbons (Fsp3) is 0.143. The maximum absolute atomic E-state index is 13.3. The van der Waals surface area contributed by atoms with Crippen molar-refractivity contribution in [3.8, 4) is 16.9 Å². The molecule has 7 heteroatoms. The first-order valence-electron chi connectivity index (χ1n) is 5.82. The Kier molecular flexibility index (Phi) is 3.75. The molecule has 110 valence electrons. The molecule has 0 radical (unpaired) electrons. The van der Waals surface area contributed by atoms with Crippen LogP contribution in [0.1, 0.15) is 10.4 Å². The number of rotatable bonds is 2. The molecule has 0 saturated carbocycles. The van der Waals surface area contributed by atoms with Crippen molar-refractivity contribution >= 4 is 5.97 Å². The summed E-state index contributed by atoms with van der Waals surface area (Å²) in [5.41, 5.74) is -0.889. The number of benzene rings is 1. The van der Waals surface area contributed by atoms with E-state index in [9.17, 15) is 23.5 Å². The van der Waals surface area contributed by atoms with Crippen LogP contribution >= 0.6 is 0 Å². The summed E-state index contributed by atoms with van der Waals surface area (Å²) < 4.78 is 32.0. The maximum Gasteiger partial charge on any atom is 0.339 e. The molecule has 0 aliphatic carbocycles. The third-order valence-corrected chi connectivity index (χ3v) is 2.93. The fourth-order valence-corrected chi connectivity index (χ4v) is 1.89. The first-order valence-corrected chi connectivity index (χ1v) is 5.82. The van der Waals surface area contributed by atoms with E-state index in [1.54, 1.807) is 0 Å². The van der Waals surface area contributed by atoms with Crippen LogP contribution in [-0.4, -0.2) is 22.8 Å². The average molecular weight is 295 g/mol. The number of carbonyl (C=O) groups is 1. The molecule has 1 N–H and O–H groups in total. The lowest BCUT2D eigenvalue weighted by molar-refractivity contribution is 0.0599. The number of hydrogen-bond acceptors (Lipinski definition) is 4. The molecule has 0 amide bonds. The van der Waals surface area contributed by atoms with E-state index in [4.69, 9.17) is 0 Å². The first-order chi connectivity index (χ1) is 9.85. The largest absolute Gasteiger partial charge is 0.507 e. The molecule has 0 fully saturated rings. The second-order valence-corrected chi connectivity index (χ2v) is 4.33. The second-order valence-electron chi connectivity index (χ2n) is 4.33. The molecule has 2 rings (SSSR count). The molecule has 1 aromatic heterocycles. The van der Waals surface area contributed by atoms with Crippen molar-refractivity contribution in [3.05, 3.63) is 51.9 Å². The van der Waals surface area contributed by atoms with Gasteiger partial charge in [-0.3, -0.25) is 4.79 Å². The zero-order valence-corrected chi connectivity index (χ0v) is 11.2. The van der Waals surface area contributed by atoms with Crippen molar-refractivity contribution in [2.75, 3.05) is 7.11 Å². The lowest BCUT2D eigenvalue weighted by atomic mass is 10.0. The number of aromatic hydroxyl groups is 1. The van der Waals surface area contributed by atoms with Gasteiger partial charge in [-0.1, -0.05) is 0 Å². The molecule has 5 nitrogen and oxygen atoms in total. The van der Waals surface area contributed by atoms with Crippen LogP contribution in [0.3, 0.4) is 0 Å². The van der Waals surface area contributed by atoms with Crippen molar-refractivity contribution in [3.63, 3.8) is 0 Å². The van der Waals surface area contributed by atoms with Crippen LogP contribution in [-0.2, 0) is 11.8 Å². The number of ether oxygens (including phenoxy) is 1. The quantitative estimate of drug-likeness (QED) is 0.858. The Labute approximate surface area is 118 Å². The predicted molar refractivity (Wildman–Crippen MR) is 70.0 cm³/mol. The van der Waals surface area contributed by atoms with Crippen molar-refractivity contribution in [1.29, 1.82) is 0 Å². The number of carbonyl (C=O) groups excluding carboxylic acids is 1. The monoisotopic (exact) mass is 295 g/mol. The van der Waals surface area contributed by atoms with Gasteiger partial charge in [0.2, 0.25) is 0 Å². The summed E-state index contributed by atoms with van der Waals surface area (Å²) in [5.74, 6) is -3.76. The number of phenolic OH excluding ortho intramolecular Hbond substituents is 1. The summed E-state index contributed by atoms with van der Waals surface area (Å²) in [6, 6.07) is 2.41. The maximum atomic E-state index is 13.3. The number of nitrogens with zero attached hydrogens (tertiary/aromatic N) is 1. The smallest absolute Gasteiger partial charge is 0.339 e. The molecule has 0 atom stereocenters. The van der Waals surface area contributed by atoms with E-state index in [1.165, 1.54) is 20.4 Å². The van der Waals surface area contributed by atoms with Crippen LogP contribution in [0.25, 0.3) is 11.1 Å². The standard InChI is InChI=1S/C14H11F2NO4/c1-17-6-7(14(20)21-2)3-9(13(17)19)8-4-10(15)11(16)5-12(8)18/h3-6,18H,1-2H3. The topological polar surface area (TPSA) is 68.5 Å². The number of pyridine rings is 1. The highest BCUT2D eigenvalue weighted by molar-refractivity contribution is 5.90. The fourth-order valence-electron chi connectivity index (χ4n) is 1.89. The Bertz CT molecular complexity index is 783. The van der Waals surface area contributed by atoms with E-state index in [1.807, 2.05) is 0 Å². The second kappa shape index (κ2) is 5.35. The van der Waals surface area contributed by atoms with Crippen molar-refractivity contribution in [1.82, 2.24) is 4.57 Å². The van der Waals surface area contributed by atoms with E-state index < -0.39 is 28.9 Å². The van der Waals surface area contributed by atoms with Crippen molar-refractivity contribution in [2.45, 2.75) is 0 Å². The first kappa shape index (κ1) is 14.7. The van der Waals surface area contributed by atoms with Gasteiger partial charge in [0.25, 0.3) is 5.56 Å². The molecule has 0 aliphatic heterocycles. The molecule has 21 heavy (non-hydrogen) atoms. The van der Waals surface area contributed by atoms with Gasteiger partial charge in [-0.15, -0.1) is 0 Å². The summed E-state index contributed by atoms with van der Waals surface area (Å²) in [7, 11) is 2.55. The number of phenols is 1. The third kappa shape index (κ3) is 2.62. The summed E-state index contributed by atoms with van der Waals surface area (Å²) in [6.45, 7) is 0. The van der Waals surface area contributed by atoms with Gasteiger partial charge in [0.05, 0.1) is 18.2 Å². The summed E-state index contributed by atoms with van der Waals surface area (Å²) >= 11 is 0. The summed E-state index contributed by atoms with van der Waals surface area (Å²) in [5, 5.41) is 9.70. The van der Waals surface area contributed by atoms with Crippen LogP contribution in [0.4, 0.5) is 8.78 Å². The molecule has 0 aliphatic rings. The van der Waals surface area contributed by atoms with Crippen LogP contribution in [0.5, 0.6) is 5.75 Å². The lowest BCUT2D eigenvalue weighted by Crippen LogP contribution is -2.20. The molecule has 0 spiro atoms. The van der Waals surface area contributed by atoms with Crippen LogP contribution in [0.15, 0.2) is 29.2 Å². The number of esters is 1. The average Bonchev–Trinajstić information content (AvgIpc) is 2.45. The van der Waals surface area contributed by atoms with Gasteiger partial charge in [0.1, 0.15) is 5.75 Å². The number of aryl methyl sites for hydroxylation is 1. The number of halogens is 2. The van der Waals surface area contributed by atoms with Gasteiger partial charge in [0.15, 0.2) is 11.6 Å². The Morgan fingerprint density at radius 2 is 1.81 bits per heavy atom. The minimum Gasteiger partial charge on any atom is -0.507 e. The minimum absolute atomic E-state index is 0.0405. The van der Waals surface area contributed by atoms with Crippen LogP contribution < -0.4 is 5.56 Å². The lowest BCUT2D eigenvalue weighted by Gasteiger charge is -2.09. The molecule has 0 saturated heterocycles. The van der Waals surface area contributed by atoms with Gasteiger partial charge in [-0.2, -0.15) is 0 Å². The Hall–Kier alpha value is -2.70. The number of methoxy groups -OCH3 is 1. The Morgan fingerprint density at radius 1 is 1.19 bits per heavy atom. The van der Waals surface area contributed by atoms with Crippen LogP contribution in [0.2, 0.25) is 0 Å². The minimum atomic E-state index is -1.24. The van der Waals surface area contributed by atoms with Gasteiger partial charge < -0.3 is 14.4 Å². The van der Waals surface area contributed by atoms with E-state index in [0.29, 0.717) is 12.1 Å². The zero-order chi connectivity index (χ0) is 15.7. The Balaban J connectivity index is 2.74. The molecule has 1 aromatic carbocycles. The normalized spacial score (nSPS) is 10.5. The Morgan fingerprint density at radius 3 is 2.43 bits per heavy atom. The van der Waals surface area contributed by atoms with Gasteiger partial charge in [0, 0.05) is 24.9 Å². The van der Waals surface area contributed by atoms with Gasteiger partial charge in [-0.25, -0.2) is 13.6 Å². The van der Waals surface area contributed by atoms with E-state index in [0.717, 1.165) is 10.6 Å². The van der Waals surface area contributed by atoms with Crippen LogP contribution in [0, 0.1) is 11.6 Å². The van der Waals surface area contributed by atoms with Crippen molar-refractivity contribution in [2.24, 2.45) is 7.05 Å². The molecular formula is C14H11F2NO4. The van der Waals surface area contributed by atoms with E-state index in [-0.39, 0.29) is 16.7 Å². The number of aromatic nitrogens is 1.